The van der Waals surface area contributed by atoms with E-state index in [2.05, 4.69) is 6.58 Å². The summed E-state index contributed by atoms with van der Waals surface area (Å²) in [5.41, 5.74) is 0.734. The third kappa shape index (κ3) is 1.82. The first-order valence-corrected chi connectivity index (χ1v) is 3.33. The molecule has 0 aliphatic rings. The molecule has 0 heterocycles. The van der Waals surface area contributed by atoms with Gasteiger partial charge in [-0.05, 0) is 17.7 Å². The van der Waals surface area contributed by atoms with Crippen LogP contribution in [0.1, 0.15) is 11.7 Å². The molecular weight excluding hydrogens is 140 g/mol. The predicted octanol–water partition coefficient (Wildman–Crippen LogP) is 1.61. The Bertz CT molecular complexity index is 238. The molecule has 1 rings (SSSR count). The largest absolute Gasteiger partial charge is 0.508 e. The fraction of sp³-hybridized carbons (Fsp3) is 0.111. The van der Waals surface area contributed by atoms with E-state index >= 15 is 0 Å². The first kappa shape index (κ1) is 7.82. The van der Waals surface area contributed by atoms with Crippen LogP contribution in [0.5, 0.6) is 5.75 Å². The van der Waals surface area contributed by atoms with Crippen molar-refractivity contribution in [2.45, 2.75) is 6.10 Å². The van der Waals surface area contributed by atoms with E-state index in [1.165, 1.54) is 18.2 Å². The van der Waals surface area contributed by atoms with Gasteiger partial charge >= 0.3 is 0 Å². The molecule has 2 N–H and O–H groups in total. The molecule has 2 heteroatoms. The van der Waals surface area contributed by atoms with Crippen molar-refractivity contribution in [3.05, 3.63) is 42.5 Å². The second-order valence-corrected chi connectivity index (χ2v) is 2.27. The Hall–Kier alpha value is -1.28. The number of benzene rings is 1. The summed E-state index contributed by atoms with van der Waals surface area (Å²) >= 11 is 0. The van der Waals surface area contributed by atoms with E-state index < -0.39 is 6.10 Å². The van der Waals surface area contributed by atoms with Gasteiger partial charge in [-0.15, -0.1) is 6.58 Å². The summed E-state index contributed by atoms with van der Waals surface area (Å²) in [6.45, 7) is 3.45. The summed E-state index contributed by atoms with van der Waals surface area (Å²) in [5, 5.41) is 18.1. The minimum absolute atomic E-state index is 0.199. The summed E-state index contributed by atoms with van der Waals surface area (Å²) in [4.78, 5) is 0. The van der Waals surface area contributed by atoms with E-state index in [1.54, 1.807) is 12.1 Å². The van der Waals surface area contributed by atoms with Crippen molar-refractivity contribution in [3.63, 3.8) is 0 Å². The Kier molecular flexibility index (Phi) is 2.28. The van der Waals surface area contributed by atoms with Crippen molar-refractivity contribution in [1.29, 1.82) is 0 Å². The Balaban J connectivity index is 2.89. The zero-order chi connectivity index (χ0) is 8.27. The average molecular weight is 150 g/mol. The van der Waals surface area contributed by atoms with Gasteiger partial charge in [0.2, 0.25) is 0 Å². The molecule has 0 radical (unpaired) electrons. The maximum atomic E-state index is 9.22. The van der Waals surface area contributed by atoms with Gasteiger partial charge in [-0.25, -0.2) is 0 Å². The topological polar surface area (TPSA) is 40.5 Å². The number of hydrogen-bond acceptors (Lipinski definition) is 2. The molecule has 0 amide bonds. The lowest BCUT2D eigenvalue weighted by molar-refractivity contribution is 0.229. The minimum Gasteiger partial charge on any atom is -0.508 e. The van der Waals surface area contributed by atoms with Gasteiger partial charge < -0.3 is 10.2 Å². The zero-order valence-corrected chi connectivity index (χ0v) is 6.07. The maximum Gasteiger partial charge on any atom is 0.115 e. The molecule has 0 spiro atoms. The number of aromatic hydroxyl groups is 1. The molecule has 1 atom stereocenters. The second-order valence-electron chi connectivity index (χ2n) is 2.27. The van der Waals surface area contributed by atoms with E-state index in [9.17, 15) is 5.11 Å². The van der Waals surface area contributed by atoms with Gasteiger partial charge in [-0.3, -0.25) is 0 Å². The smallest absolute Gasteiger partial charge is 0.115 e. The van der Waals surface area contributed by atoms with Crippen LogP contribution >= 0.6 is 0 Å². The average Bonchev–Trinajstić information content (AvgIpc) is 2.05. The summed E-state index contributed by atoms with van der Waals surface area (Å²) in [5.74, 6) is 0.199. The van der Waals surface area contributed by atoms with Gasteiger partial charge in [-0.2, -0.15) is 0 Å². The standard InChI is InChI=1S/C9H10O2/c1-2-9(11)7-3-5-8(10)6-4-7/h2-6,9-11H,1H2/t9-/m0/s1. The van der Waals surface area contributed by atoms with E-state index in [-0.39, 0.29) is 5.75 Å². The molecule has 11 heavy (non-hydrogen) atoms. The Morgan fingerprint density at radius 3 is 2.27 bits per heavy atom. The van der Waals surface area contributed by atoms with E-state index in [4.69, 9.17) is 5.11 Å². The lowest BCUT2D eigenvalue weighted by Crippen LogP contribution is -1.90. The van der Waals surface area contributed by atoms with Crippen LogP contribution < -0.4 is 0 Å². The number of phenols is 1. The molecule has 1 aromatic carbocycles. The first-order valence-electron chi connectivity index (χ1n) is 3.33. The number of rotatable bonds is 2. The molecule has 0 aliphatic carbocycles. The molecule has 0 saturated carbocycles. The molecule has 0 aliphatic heterocycles. The maximum absolute atomic E-state index is 9.22. The van der Waals surface area contributed by atoms with Crippen molar-refractivity contribution in [2.24, 2.45) is 0 Å². The third-order valence-corrected chi connectivity index (χ3v) is 1.46. The van der Waals surface area contributed by atoms with E-state index in [0.717, 1.165) is 5.56 Å². The quantitative estimate of drug-likeness (QED) is 0.629. The molecule has 2 nitrogen and oxygen atoms in total. The number of aliphatic hydroxyl groups excluding tert-OH is 1. The lowest BCUT2D eigenvalue weighted by atomic mass is 10.1. The van der Waals surface area contributed by atoms with Crippen molar-refractivity contribution in [3.8, 4) is 5.75 Å². The highest BCUT2D eigenvalue weighted by atomic mass is 16.3. The Labute approximate surface area is 65.4 Å². The predicted molar refractivity (Wildman–Crippen MR) is 43.3 cm³/mol. The van der Waals surface area contributed by atoms with E-state index in [0.29, 0.717) is 0 Å². The second kappa shape index (κ2) is 3.21. The van der Waals surface area contributed by atoms with Crippen LogP contribution in [-0.4, -0.2) is 10.2 Å². The van der Waals surface area contributed by atoms with Gasteiger partial charge in [0.25, 0.3) is 0 Å². The van der Waals surface area contributed by atoms with Gasteiger partial charge in [-0.1, -0.05) is 18.2 Å². The monoisotopic (exact) mass is 150 g/mol. The molecule has 0 aromatic heterocycles. The fourth-order valence-corrected chi connectivity index (χ4v) is 0.808. The summed E-state index contributed by atoms with van der Waals surface area (Å²) in [6, 6.07) is 6.37. The van der Waals surface area contributed by atoms with Gasteiger partial charge in [0.05, 0.1) is 6.10 Å². The fourth-order valence-electron chi connectivity index (χ4n) is 0.808. The highest BCUT2D eigenvalue weighted by Gasteiger charge is 2.00. The number of phenolic OH excluding ortho intramolecular Hbond substituents is 1. The highest BCUT2D eigenvalue weighted by Crippen LogP contribution is 2.16. The highest BCUT2D eigenvalue weighted by molar-refractivity contribution is 5.28. The number of hydrogen-bond donors (Lipinski definition) is 2. The summed E-state index contributed by atoms with van der Waals surface area (Å²) in [6.07, 6.45) is 0.794. The minimum atomic E-state index is -0.643. The molecule has 0 bridgehead atoms. The van der Waals surface area contributed by atoms with Crippen LogP contribution in [-0.2, 0) is 0 Å². The lowest BCUT2D eigenvalue weighted by Gasteiger charge is -2.03. The SMILES string of the molecule is C=C[C@H](O)c1ccc(O)cc1. The molecule has 0 unspecified atom stereocenters. The zero-order valence-electron chi connectivity index (χ0n) is 6.07. The van der Waals surface area contributed by atoms with Crippen LogP contribution in [0, 0.1) is 0 Å². The third-order valence-electron chi connectivity index (χ3n) is 1.46. The first-order chi connectivity index (χ1) is 5.24. The van der Waals surface area contributed by atoms with Gasteiger partial charge in [0.15, 0.2) is 0 Å². The normalized spacial score (nSPS) is 12.5. The van der Waals surface area contributed by atoms with Crippen LogP contribution in [0.15, 0.2) is 36.9 Å². The van der Waals surface area contributed by atoms with Crippen molar-refractivity contribution in [1.82, 2.24) is 0 Å². The van der Waals surface area contributed by atoms with Gasteiger partial charge in [0, 0.05) is 0 Å². The summed E-state index contributed by atoms with van der Waals surface area (Å²) < 4.78 is 0. The number of aliphatic hydroxyl groups is 1. The van der Waals surface area contributed by atoms with Crippen molar-refractivity contribution < 1.29 is 10.2 Å². The van der Waals surface area contributed by atoms with Crippen molar-refractivity contribution in [2.75, 3.05) is 0 Å². The van der Waals surface area contributed by atoms with Crippen molar-refractivity contribution >= 4 is 0 Å². The Morgan fingerprint density at radius 2 is 1.82 bits per heavy atom. The van der Waals surface area contributed by atoms with Crippen LogP contribution in [0.3, 0.4) is 0 Å². The Morgan fingerprint density at radius 1 is 1.27 bits per heavy atom. The van der Waals surface area contributed by atoms with Gasteiger partial charge in [0.1, 0.15) is 5.75 Å². The summed E-state index contributed by atoms with van der Waals surface area (Å²) in [7, 11) is 0. The molecular formula is C9H10O2. The molecule has 0 fully saturated rings. The van der Waals surface area contributed by atoms with Crippen LogP contribution in [0.4, 0.5) is 0 Å². The van der Waals surface area contributed by atoms with Crippen LogP contribution in [0.2, 0.25) is 0 Å². The molecule has 0 saturated heterocycles. The van der Waals surface area contributed by atoms with E-state index in [1.807, 2.05) is 0 Å². The molecule has 58 valence electrons. The molecule has 1 aromatic rings. The van der Waals surface area contributed by atoms with Crippen LogP contribution in [0.25, 0.3) is 0 Å².